The minimum absolute atomic E-state index is 0.149. The van der Waals surface area contributed by atoms with Crippen molar-refractivity contribution in [2.45, 2.75) is 12.1 Å². The van der Waals surface area contributed by atoms with Crippen LogP contribution in [-0.2, 0) is 4.79 Å². The number of rotatable bonds is 8. The van der Waals surface area contributed by atoms with Crippen LogP contribution in [0.5, 0.6) is 5.75 Å². The van der Waals surface area contributed by atoms with Crippen molar-refractivity contribution in [3.05, 3.63) is 59.7 Å². The Hall–Kier alpha value is -3.53. The molecule has 0 atom stereocenters. The number of methoxy groups -OCH3 is 1. The molecule has 29 heavy (non-hydrogen) atoms. The molecular formula is C19H21N7O2S. The highest BCUT2D eigenvalue weighted by Gasteiger charge is 2.12. The maximum atomic E-state index is 12.1. The van der Waals surface area contributed by atoms with Gasteiger partial charge in [0.25, 0.3) is 5.95 Å². The maximum Gasteiger partial charge on any atom is 0.264 e. The molecule has 150 valence electrons. The van der Waals surface area contributed by atoms with Crippen molar-refractivity contribution >= 4 is 35.5 Å². The third-order valence-electron chi connectivity index (χ3n) is 3.77. The summed E-state index contributed by atoms with van der Waals surface area (Å²) in [5, 5.41) is 15.2. The van der Waals surface area contributed by atoms with Crippen molar-refractivity contribution in [3.8, 4) is 5.75 Å². The molecule has 0 bridgehead atoms. The summed E-state index contributed by atoms with van der Waals surface area (Å²) >= 11 is 1.18. The van der Waals surface area contributed by atoms with Crippen molar-refractivity contribution in [1.82, 2.24) is 14.9 Å². The monoisotopic (exact) mass is 411 g/mol. The first-order chi connectivity index (χ1) is 14.0. The zero-order chi connectivity index (χ0) is 20.6. The number of ether oxygens (including phenoxy) is 1. The van der Waals surface area contributed by atoms with Gasteiger partial charge in [0.05, 0.1) is 19.1 Å². The number of nitrogens with two attached hydrogens (primary N) is 1. The predicted molar refractivity (Wildman–Crippen MR) is 115 cm³/mol. The van der Waals surface area contributed by atoms with E-state index >= 15 is 0 Å². The normalized spacial score (nSPS) is 10.8. The minimum atomic E-state index is -0.158. The number of nitrogen functional groups attached to an aromatic ring is 1. The molecule has 0 aliphatic carbocycles. The second kappa shape index (κ2) is 9.60. The van der Waals surface area contributed by atoms with Gasteiger partial charge in [0, 0.05) is 5.69 Å². The van der Waals surface area contributed by atoms with Crippen LogP contribution in [0.4, 0.5) is 11.6 Å². The number of anilines is 2. The quantitative estimate of drug-likeness (QED) is 0.225. The van der Waals surface area contributed by atoms with Gasteiger partial charge in [-0.05, 0) is 42.3 Å². The highest BCUT2D eigenvalue weighted by Crippen LogP contribution is 2.18. The highest BCUT2D eigenvalue weighted by atomic mass is 32.2. The van der Waals surface area contributed by atoms with Crippen LogP contribution in [0.1, 0.15) is 11.1 Å². The van der Waals surface area contributed by atoms with Crippen LogP contribution >= 0.6 is 11.8 Å². The molecule has 3 rings (SSSR count). The Labute approximate surface area is 172 Å². The van der Waals surface area contributed by atoms with E-state index in [2.05, 4.69) is 26.0 Å². The van der Waals surface area contributed by atoms with Gasteiger partial charge < -0.3 is 15.9 Å². The number of amides is 1. The number of benzene rings is 2. The molecule has 0 aliphatic rings. The van der Waals surface area contributed by atoms with Gasteiger partial charge in [-0.1, -0.05) is 36.0 Å². The Kier molecular flexibility index (Phi) is 6.69. The minimum Gasteiger partial charge on any atom is -0.497 e. The van der Waals surface area contributed by atoms with E-state index in [1.807, 2.05) is 55.5 Å². The number of hydrogen-bond acceptors (Lipinski definition) is 8. The van der Waals surface area contributed by atoms with E-state index in [9.17, 15) is 4.79 Å². The Morgan fingerprint density at radius 1 is 1.28 bits per heavy atom. The highest BCUT2D eigenvalue weighted by molar-refractivity contribution is 7.99. The fraction of sp³-hybridized carbons (Fsp3) is 0.158. The summed E-state index contributed by atoms with van der Waals surface area (Å²) in [5.41, 5.74) is 5.40. The first kappa shape index (κ1) is 20.2. The molecule has 0 fully saturated rings. The lowest BCUT2D eigenvalue weighted by Gasteiger charge is -2.06. The number of hydrazone groups is 1. The van der Waals surface area contributed by atoms with Gasteiger partial charge in [-0.15, -0.1) is 10.2 Å². The molecular weight excluding hydrogens is 390 g/mol. The van der Waals surface area contributed by atoms with Gasteiger partial charge in [0.1, 0.15) is 5.75 Å². The molecule has 10 heteroatoms. The van der Waals surface area contributed by atoms with Gasteiger partial charge in [0.2, 0.25) is 11.1 Å². The molecule has 3 aromatic rings. The zero-order valence-corrected chi connectivity index (χ0v) is 16.8. The molecule has 0 aliphatic heterocycles. The maximum absolute atomic E-state index is 12.1. The van der Waals surface area contributed by atoms with Crippen molar-refractivity contribution in [2.24, 2.45) is 5.10 Å². The Balaban J connectivity index is 1.53. The zero-order valence-electron chi connectivity index (χ0n) is 16.0. The number of carbonyl (C=O) groups excluding carboxylic acids is 1. The molecule has 1 aromatic heterocycles. The number of hydrogen-bond donors (Lipinski definition) is 3. The van der Waals surface area contributed by atoms with E-state index in [0.717, 1.165) is 22.6 Å². The van der Waals surface area contributed by atoms with Crippen LogP contribution in [0.25, 0.3) is 0 Å². The molecule has 4 N–H and O–H groups in total. The van der Waals surface area contributed by atoms with Crippen molar-refractivity contribution < 1.29 is 9.53 Å². The number of nitrogens with one attached hydrogen (secondary N) is 2. The first-order valence-electron chi connectivity index (χ1n) is 8.68. The number of thioether (sulfide) groups is 1. The van der Waals surface area contributed by atoms with Crippen molar-refractivity contribution in [3.63, 3.8) is 0 Å². The molecule has 0 saturated carbocycles. The predicted octanol–water partition coefficient (Wildman–Crippen LogP) is 2.49. The van der Waals surface area contributed by atoms with Gasteiger partial charge in [-0.3, -0.25) is 4.79 Å². The lowest BCUT2D eigenvalue weighted by molar-refractivity contribution is -0.113. The summed E-state index contributed by atoms with van der Waals surface area (Å²) in [4.78, 5) is 12.1. The first-order valence-corrected chi connectivity index (χ1v) is 9.66. The van der Waals surface area contributed by atoms with E-state index in [4.69, 9.17) is 10.6 Å². The van der Waals surface area contributed by atoms with Crippen LogP contribution in [-0.4, -0.2) is 39.9 Å². The number of carbonyl (C=O) groups is 1. The summed E-state index contributed by atoms with van der Waals surface area (Å²) < 4.78 is 6.41. The third kappa shape index (κ3) is 5.72. The largest absolute Gasteiger partial charge is 0.497 e. The third-order valence-corrected chi connectivity index (χ3v) is 4.71. The molecule has 2 aromatic carbocycles. The van der Waals surface area contributed by atoms with Crippen LogP contribution in [0.3, 0.4) is 0 Å². The van der Waals surface area contributed by atoms with Gasteiger partial charge >= 0.3 is 0 Å². The fourth-order valence-electron chi connectivity index (χ4n) is 2.39. The van der Waals surface area contributed by atoms with Crippen LogP contribution in [0.15, 0.2) is 58.8 Å². The average molecular weight is 411 g/mol. The van der Waals surface area contributed by atoms with E-state index in [1.165, 1.54) is 16.4 Å². The second-order valence-electron chi connectivity index (χ2n) is 6.03. The molecule has 0 radical (unpaired) electrons. The number of aryl methyl sites for hydroxylation is 1. The molecule has 0 saturated heterocycles. The Morgan fingerprint density at radius 3 is 2.90 bits per heavy atom. The standard InChI is InChI=1S/C19H21N7O2S/c1-13-5-3-7-15(9-13)22-17(27)12-29-19-25-24-18(26(19)20)23-21-11-14-6-4-8-16(10-14)28-2/h3-11H,12,20H2,1-2H3,(H,22,27)(H,23,24)/b21-11+. The van der Waals surface area contributed by atoms with Crippen molar-refractivity contribution in [1.29, 1.82) is 0 Å². The van der Waals surface area contributed by atoms with Crippen molar-refractivity contribution in [2.75, 3.05) is 29.4 Å². The molecule has 0 spiro atoms. The lowest BCUT2D eigenvalue weighted by atomic mass is 10.2. The smallest absolute Gasteiger partial charge is 0.264 e. The molecule has 9 nitrogen and oxygen atoms in total. The van der Waals surface area contributed by atoms with Crippen LogP contribution in [0.2, 0.25) is 0 Å². The van der Waals surface area contributed by atoms with E-state index in [0.29, 0.717) is 5.16 Å². The summed E-state index contributed by atoms with van der Waals surface area (Å²) in [6, 6.07) is 15.0. The fourth-order valence-corrected chi connectivity index (χ4v) is 3.04. The topological polar surface area (TPSA) is 119 Å². The molecule has 0 unspecified atom stereocenters. The van der Waals surface area contributed by atoms with E-state index in [-0.39, 0.29) is 17.6 Å². The van der Waals surface area contributed by atoms with Crippen LogP contribution in [0, 0.1) is 6.92 Å². The van der Waals surface area contributed by atoms with Crippen LogP contribution < -0.4 is 21.3 Å². The summed E-state index contributed by atoms with van der Waals surface area (Å²) in [7, 11) is 1.60. The van der Waals surface area contributed by atoms with E-state index in [1.54, 1.807) is 13.3 Å². The molecule has 1 heterocycles. The summed E-state index contributed by atoms with van der Waals surface area (Å²) in [5.74, 6) is 6.95. The lowest BCUT2D eigenvalue weighted by Crippen LogP contribution is -2.16. The van der Waals surface area contributed by atoms with Gasteiger partial charge in [0.15, 0.2) is 0 Å². The average Bonchev–Trinajstić information content (AvgIpc) is 3.06. The SMILES string of the molecule is COc1cccc(/C=N/Nc2nnc(SCC(=O)Nc3cccc(C)c3)n2N)c1. The number of nitrogens with zero attached hydrogens (tertiary/aromatic N) is 4. The molecule has 1 amide bonds. The van der Waals surface area contributed by atoms with E-state index < -0.39 is 0 Å². The Morgan fingerprint density at radius 2 is 2.10 bits per heavy atom. The summed E-state index contributed by atoms with van der Waals surface area (Å²) in [6.45, 7) is 1.96. The van der Waals surface area contributed by atoms with Gasteiger partial charge in [-0.2, -0.15) is 5.10 Å². The van der Waals surface area contributed by atoms with Gasteiger partial charge in [-0.25, -0.2) is 10.1 Å². The second-order valence-corrected chi connectivity index (χ2v) is 6.97. The Bertz CT molecular complexity index is 1020. The number of aromatic nitrogens is 3. The summed E-state index contributed by atoms with van der Waals surface area (Å²) in [6.07, 6.45) is 1.61.